The summed E-state index contributed by atoms with van der Waals surface area (Å²) in [5.74, 6) is -2.97. The van der Waals surface area contributed by atoms with E-state index in [0.29, 0.717) is 16.3 Å². The first kappa shape index (κ1) is 43.3. The number of benzene rings is 3. The summed E-state index contributed by atoms with van der Waals surface area (Å²) in [7, 11) is -1.93. The van der Waals surface area contributed by atoms with Gasteiger partial charge in [0.25, 0.3) is 14.2 Å². The van der Waals surface area contributed by atoms with Gasteiger partial charge in [-0.05, 0) is 67.4 Å². The molecule has 3 atom stereocenters. The van der Waals surface area contributed by atoms with Crippen LogP contribution < -0.4 is 26.3 Å². The van der Waals surface area contributed by atoms with Crippen molar-refractivity contribution in [3.05, 3.63) is 96.0 Å². The highest BCUT2D eigenvalue weighted by Gasteiger charge is 2.51. The van der Waals surface area contributed by atoms with Gasteiger partial charge < -0.3 is 29.3 Å². The third-order valence-electron chi connectivity index (χ3n) is 8.59. The fraction of sp³-hybridized carbons (Fsp3) is 0.366. The van der Waals surface area contributed by atoms with Gasteiger partial charge in [-0.3, -0.25) is 19.7 Å². The zero-order valence-electron chi connectivity index (χ0n) is 33.1. The van der Waals surface area contributed by atoms with Crippen LogP contribution in [0, 0.1) is 0 Å². The number of hydrogen-bond donors (Lipinski definition) is 3. The summed E-state index contributed by atoms with van der Waals surface area (Å²) in [5.41, 5.74) is 0.537. The molecule has 0 unspecified atom stereocenters. The molecule has 4 rings (SSSR count). The van der Waals surface area contributed by atoms with E-state index in [2.05, 4.69) is 41.7 Å². The van der Waals surface area contributed by atoms with E-state index >= 15 is 0 Å². The number of nitrogens with one attached hydrogen (secondary N) is 3. The van der Waals surface area contributed by atoms with E-state index in [1.165, 1.54) is 37.7 Å². The quantitative estimate of drug-likeness (QED) is 0.0848. The van der Waals surface area contributed by atoms with Crippen LogP contribution in [0.2, 0.25) is 5.04 Å². The predicted molar refractivity (Wildman–Crippen MR) is 217 cm³/mol. The first-order valence-electron chi connectivity index (χ1n) is 18.0. The smallest absolute Gasteiger partial charge is 0.412 e. The Hall–Kier alpha value is -5.38. The number of rotatable bonds is 14. The van der Waals surface area contributed by atoms with Gasteiger partial charge in [-0.25, -0.2) is 14.6 Å². The molecule has 1 heterocycles. The van der Waals surface area contributed by atoms with Crippen LogP contribution in [0.25, 0.3) is 10.6 Å². The first-order chi connectivity index (χ1) is 26.3. The average Bonchev–Trinajstić information content (AvgIpc) is 3.63. The maximum absolute atomic E-state index is 14.0. The molecule has 1 aromatic heterocycles. The number of esters is 2. The van der Waals surface area contributed by atoms with Gasteiger partial charge >= 0.3 is 18.0 Å². The molecular weight excluding hydrogens is 753 g/mol. The van der Waals surface area contributed by atoms with Crippen molar-refractivity contribution >= 4 is 65.6 Å². The van der Waals surface area contributed by atoms with Crippen molar-refractivity contribution in [2.75, 3.05) is 19.0 Å². The molecule has 3 N–H and O–H groups in total. The molecule has 4 aromatic rings. The van der Waals surface area contributed by atoms with Gasteiger partial charge in [0, 0.05) is 23.6 Å². The molecule has 0 saturated heterocycles. The second-order valence-corrected chi connectivity index (χ2v) is 20.2. The SMILES string of the molecule is COC(=O)[C@H](CO[Si](c1ccccc1)(c1ccccc1)C(C)(C)C)NC(=O)[C@@H](NC(=O)c1csc(-c2ccc(NC(=O)OC(C)(C)C)cc2)n1)[C@H](C)OC(C)=O. The molecule has 0 aliphatic heterocycles. The molecule has 13 nitrogen and oxygen atoms in total. The molecule has 3 aromatic carbocycles. The van der Waals surface area contributed by atoms with E-state index in [9.17, 15) is 24.0 Å². The maximum atomic E-state index is 14.0. The Labute approximate surface area is 332 Å². The van der Waals surface area contributed by atoms with Crippen LogP contribution in [0.4, 0.5) is 10.5 Å². The highest BCUT2D eigenvalue weighted by molar-refractivity contribution is 7.13. The lowest BCUT2D eigenvalue weighted by Gasteiger charge is -2.43. The van der Waals surface area contributed by atoms with E-state index in [-0.39, 0.29) is 12.3 Å². The topological polar surface area (TPSA) is 171 Å². The number of nitrogens with zero attached hydrogens (tertiary/aromatic N) is 1. The summed E-state index contributed by atoms with van der Waals surface area (Å²) in [6.45, 7) is 13.9. The van der Waals surface area contributed by atoms with Crippen molar-refractivity contribution < 1.29 is 42.6 Å². The van der Waals surface area contributed by atoms with Gasteiger partial charge in [0.2, 0.25) is 5.91 Å². The number of thiazole rings is 1. The largest absolute Gasteiger partial charge is 0.467 e. The summed E-state index contributed by atoms with van der Waals surface area (Å²) < 4.78 is 22.6. The van der Waals surface area contributed by atoms with E-state index in [4.69, 9.17) is 18.6 Å². The molecule has 0 saturated carbocycles. The number of carbonyl (C=O) groups is 5. The molecule has 298 valence electrons. The van der Waals surface area contributed by atoms with Crippen LogP contribution in [0.15, 0.2) is 90.3 Å². The molecule has 15 heteroatoms. The molecule has 0 spiro atoms. The van der Waals surface area contributed by atoms with Gasteiger partial charge in [-0.2, -0.15) is 0 Å². The highest BCUT2D eigenvalue weighted by atomic mass is 32.1. The van der Waals surface area contributed by atoms with Crippen molar-refractivity contribution in [2.45, 2.75) is 84.2 Å². The lowest BCUT2D eigenvalue weighted by Crippen LogP contribution is -2.68. The Morgan fingerprint density at radius 2 is 1.39 bits per heavy atom. The summed E-state index contributed by atoms with van der Waals surface area (Å²) in [6.07, 6.45) is -1.74. The molecule has 56 heavy (non-hydrogen) atoms. The molecule has 0 fully saturated rings. The summed E-state index contributed by atoms with van der Waals surface area (Å²) in [5, 5.41) is 11.5. The molecule has 0 bridgehead atoms. The fourth-order valence-corrected chi connectivity index (χ4v) is 11.5. The lowest BCUT2D eigenvalue weighted by molar-refractivity contribution is -0.151. The zero-order valence-corrected chi connectivity index (χ0v) is 34.9. The Kier molecular flexibility index (Phi) is 14.3. The van der Waals surface area contributed by atoms with E-state index in [1.54, 1.807) is 45.0 Å². The minimum absolute atomic E-state index is 0.00770. The first-order valence-corrected chi connectivity index (χ1v) is 20.8. The van der Waals surface area contributed by atoms with Crippen LogP contribution in [0.5, 0.6) is 0 Å². The van der Waals surface area contributed by atoms with E-state index < -0.39 is 67.0 Å². The van der Waals surface area contributed by atoms with Gasteiger partial charge in [0.15, 0.2) is 0 Å². The molecule has 0 aliphatic rings. The number of aromatic nitrogens is 1. The van der Waals surface area contributed by atoms with Gasteiger partial charge in [0.1, 0.15) is 34.5 Å². The van der Waals surface area contributed by atoms with Gasteiger partial charge in [-0.15, -0.1) is 11.3 Å². The van der Waals surface area contributed by atoms with Crippen LogP contribution in [0.3, 0.4) is 0 Å². The van der Waals surface area contributed by atoms with Crippen molar-refractivity contribution in [3.8, 4) is 10.6 Å². The zero-order chi connectivity index (χ0) is 41.3. The van der Waals surface area contributed by atoms with Gasteiger partial charge in [0.05, 0.1) is 13.7 Å². The number of amides is 3. The Morgan fingerprint density at radius 1 is 0.821 bits per heavy atom. The second-order valence-electron chi connectivity index (χ2n) is 15.1. The van der Waals surface area contributed by atoms with Crippen molar-refractivity contribution in [1.29, 1.82) is 0 Å². The van der Waals surface area contributed by atoms with Crippen molar-refractivity contribution in [1.82, 2.24) is 15.6 Å². The third kappa shape index (κ3) is 11.1. The van der Waals surface area contributed by atoms with E-state index in [1.807, 2.05) is 60.7 Å². The standard InChI is InChI=1S/C41H50N4O9SSi/c1-26(53-27(2)46)34(45-35(47)33-25-55-37(44-33)28-20-22-29(23-21-28)42-39(50)54-40(3,4)5)36(48)43-32(38(49)51-9)24-52-56(41(6,7)8,30-16-12-10-13-17-30)31-18-14-11-15-19-31/h10-23,25-26,32,34H,24H2,1-9H3,(H,42,50)(H,43,48)(H,45,47)/t26-,32-,34-/m0/s1. The normalized spacial score (nSPS) is 13.4. The Morgan fingerprint density at radius 3 is 1.89 bits per heavy atom. The van der Waals surface area contributed by atoms with Crippen molar-refractivity contribution in [3.63, 3.8) is 0 Å². The number of methoxy groups -OCH3 is 1. The monoisotopic (exact) mass is 802 g/mol. The number of ether oxygens (including phenoxy) is 3. The predicted octanol–water partition coefficient (Wildman–Crippen LogP) is 5.44. The third-order valence-corrected chi connectivity index (χ3v) is 14.5. The second kappa shape index (κ2) is 18.5. The van der Waals surface area contributed by atoms with Crippen LogP contribution >= 0.6 is 11.3 Å². The lowest BCUT2D eigenvalue weighted by atomic mass is 10.1. The van der Waals surface area contributed by atoms with Crippen LogP contribution in [0.1, 0.15) is 65.9 Å². The summed E-state index contributed by atoms with van der Waals surface area (Å²) in [6, 6.07) is 23.7. The average molecular weight is 803 g/mol. The van der Waals surface area contributed by atoms with Crippen LogP contribution in [-0.2, 0) is 33.0 Å². The molecule has 0 aliphatic carbocycles. The fourth-order valence-electron chi connectivity index (χ4n) is 6.11. The molecule has 3 amide bonds. The van der Waals surface area contributed by atoms with Gasteiger partial charge in [-0.1, -0.05) is 81.4 Å². The minimum atomic E-state index is -3.14. The molecule has 0 radical (unpaired) electrons. The highest BCUT2D eigenvalue weighted by Crippen LogP contribution is 2.37. The summed E-state index contributed by atoms with van der Waals surface area (Å²) >= 11 is 1.19. The summed E-state index contributed by atoms with van der Waals surface area (Å²) in [4.78, 5) is 69.5. The van der Waals surface area contributed by atoms with Crippen molar-refractivity contribution in [2.24, 2.45) is 0 Å². The molecular formula is C41H50N4O9SSi. The Balaban J connectivity index is 1.56. The number of hydrogen-bond acceptors (Lipinski definition) is 11. The van der Waals surface area contributed by atoms with Crippen LogP contribution in [-0.4, -0.2) is 80.7 Å². The number of carbonyl (C=O) groups excluding carboxylic acids is 5. The van der Waals surface area contributed by atoms with E-state index in [0.717, 1.165) is 10.4 Å². The Bertz CT molecular complexity index is 1940. The minimum Gasteiger partial charge on any atom is -0.467 e. The number of anilines is 1. The maximum Gasteiger partial charge on any atom is 0.412 e.